The summed E-state index contributed by atoms with van der Waals surface area (Å²) >= 11 is 6.25. The van der Waals surface area contributed by atoms with E-state index in [0.29, 0.717) is 47.5 Å². The predicted molar refractivity (Wildman–Crippen MR) is 369 cm³/mol. The van der Waals surface area contributed by atoms with Gasteiger partial charge in [-0.2, -0.15) is 0 Å². The number of nitrogens with one attached hydrogen (secondary N) is 12. The molecule has 5 rings (SSSR count). The number of halogens is 1. The largest absolute Gasteiger partial charge is 0.508 e. The van der Waals surface area contributed by atoms with Gasteiger partial charge in [-0.1, -0.05) is 73.8 Å². The molecular formula is C66H91ClN18O16. The van der Waals surface area contributed by atoms with Gasteiger partial charge >= 0.3 is 5.97 Å². The number of aromatic hydroxyl groups is 1. The number of benzene rings is 3. The molecule has 35 heteroatoms. The molecule has 34 nitrogen and oxygen atoms in total. The Kier molecular flexibility index (Phi) is 33.5. The Balaban J connectivity index is 1.43. The van der Waals surface area contributed by atoms with Gasteiger partial charge < -0.3 is 106 Å². The summed E-state index contributed by atoms with van der Waals surface area (Å²) in [7, 11) is 0. The molecule has 10 amide bonds. The number of carbonyl (C=O) groups excluding carboxylic acids is 11. The summed E-state index contributed by atoms with van der Waals surface area (Å²) in [5, 5.41) is 66.4. The number of aromatic nitrogens is 3. The molecule has 101 heavy (non-hydrogen) atoms. The van der Waals surface area contributed by atoms with Crippen molar-refractivity contribution in [2.24, 2.45) is 27.9 Å². The molecule has 24 N–H and O–H groups in total. The van der Waals surface area contributed by atoms with E-state index in [2.05, 4.69) is 73.1 Å². The number of carboxylic acid groups (broad SMARTS) is 1. The Morgan fingerprint density at radius 1 is 0.535 bits per heavy atom. The number of H-pyrrole nitrogens is 2. The average Bonchev–Trinajstić information content (AvgIpc) is 1.70. The molecule has 10 atom stereocenters. The number of aliphatic imine (C=N–C) groups is 1. The van der Waals surface area contributed by atoms with Crippen molar-refractivity contribution in [2.45, 2.75) is 158 Å². The number of ketones is 1. The van der Waals surface area contributed by atoms with Gasteiger partial charge in [0.1, 0.15) is 60.1 Å². The van der Waals surface area contributed by atoms with Crippen molar-refractivity contribution >= 4 is 99.3 Å². The number of nitrogens with zero attached hydrogens (tertiary/aromatic N) is 2. The number of fused-ring (bicyclic) bond motifs is 1. The lowest BCUT2D eigenvalue weighted by Gasteiger charge is -2.28. The van der Waals surface area contributed by atoms with E-state index < -0.39 is 164 Å². The van der Waals surface area contributed by atoms with Gasteiger partial charge in [-0.15, -0.1) is 0 Å². The molecule has 2 heterocycles. The number of phenols is 1. The first-order valence-electron chi connectivity index (χ1n) is 32.7. The number of carbonyl (C=O) groups is 12. The number of Topliss-reactive ketones (excluding diaryl/α,β-unsaturated/α-hetero) is 1. The van der Waals surface area contributed by atoms with Crippen LogP contribution in [-0.4, -0.2) is 205 Å². The molecule has 0 unspecified atom stereocenters. The minimum absolute atomic E-state index is 0.0273. The van der Waals surface area contributed by atoms with Gasteiger partial charge in [0.15, 0.2) is 11.7 Å². The van der Waals surface area contributed by atoms with Gasteiger partial charge in [-0.05, 0) is 92.1 Å². The Morgan fingerprint density at radius 3 is 1.50 bits per heavy atom. The van der Waals surface area contributed by atoms with E-state index in [1.54, 1.807) is 37.4 Å². The number of guanidine groups is 1. The van der Waals surface area contributed by atoms with Crippen molar-refractivity contribution in [2.75, 3.05) is 32.8 Å². The van der Waals surface area contributed by atoms with Crippen molar-refractivity contribution in [3.05, 3.63) is 119 Å². The van der Waals surface area contributed by atoms with E-state index in [1.807, 2.05) is 12.1 Å². The van der Waals surface area contributed by atoms with Crippen LogP contribution in [0, 0.1) is 0 Å². The normalized spacial score (nSPS) is 14.0. The molecule has 0 aliphatic carbocycles. The van der Waals surface area contributed by atoms with Crippen LogP contribution in [0.1, 0.15) is 94.0 Å². The van der Waals surface area contributed by atoms with Crippen LogP contribution in [0.3, 0.4) is 0 Å². The maximum Gasteiger partial charge on any atom is 0.305 e. The second-order valence-electron chi connectivity index (χ2n) is 23.9. The monoisotopic (exact) mass is 1430 g/mol. The molecule has 0 saturated heterocycles. The Bertz CT molecular complexity index is 3630. The second kappa shape index (κ2) is 41.8. The number of phenolic OH excluding ortho intramolecular Hbond substituents is 1. The fourth-order valence-corrected chi connectivity index (χ4v) is 10.7. The summed E-state index contributed by atoms with van der Waals surface area (Å²) in [6, 6.07) is 3.14. The van der Waals surface area contributed by atoms with E-state index in [0.717, 1.165) is 17.8 Å². The highest BCUT2D eigenvalue weighted by Gasteiger charge is 2.37. The van der Waals surface area contributed by atoms with Crippen molar-refractivity contribution in [1.29, 1.82) is 0 Å². The summed E-state index contributed by atoms with van der Waals surface area (Å²) in [6.07, 6.45) is 3.68. The third-order valence-electron chi connectivity index (χ3n) is 16.0. The molecule has 5 aromatic rings. The van der Waals surface area contributed by atoms with E-state index in [1.165, 1.54) is 48.9 Å². The SMILES string of the molecule is CCCC[C@H](NC(=O)[C@H](CO)NC(=O)[C@H](Cc1ccc(O)cc1)NC(=O)[C@H](CO)NC(C)=O)C(=O)N[C@@H](CC(=O)O)C(=O)N[C@@H](Cc1cnc[nH]1)C(=O)N[C@H](Cc1ccc(Cl)cc1)C(=O)N[C@@H](CCCN=C(N)N)C(=O)N[C@@H](Cc1c[nH]c2ccccc12)C(=O)N[C@@H](CCCCN)C(=O)CN. The molecule has 0 bridgehead atoms. The van der Waals surface area contributed by atoms with Crippen molar-refractivity contribution in [3.63, 3.8) is 0 Å². The van der Waals surface area contributed by atoms with Crippen molar-refractivity contribution in [3.8, 4) is 5.75 Å². The third-order valence-corrected chi connectivity index (χ3v) is 16.2. The van der Waals surface area contributed by atoms with Crippen LogP contribution in [0.15, 0.2) is 96.5 Å². The standard InChI is InChI=1S/C66H91ClN18O16/c1-3-4-11-46(79-65(101)54(34-87)85-60(96)49(26-38-17-21-42(89)22-18-38)81-64(100)53(33-86)76-36(2)88)57(93)84-52(29-56(91)92)63(99)83-51(28-41-32-72-35-75-41)62(98)80-48(25-37-15-19-40(67)20-16-37)59(95)78-47(14-9-24-73-66(70)71)58(94)82-50(27-39-31-74-44-12-6-5-10-43(39)44)61(97)77-45(55(90)30-69)13-7-8-23-68/h5-6,10,12,15-22,31-32,35,45-54,74,86-87,89H,3-4,7-9,11,13-14,23-30,33-34,68-69H2,1-2H3,(H,72,75)(H,76,88)(H,77,97)(H,78,95)(H,79,101)(H,80,98)(H,81,100)(H,82,94)(H,83,99)(H,84,93)(H,85,96)(H,91,92)(H4,70,71,73)/t45-,46-,47-,48+,49-,50-,51-,52-,53-,54-/m0/s1. The lowest BCUT2D eigenvalue weighted by molar-refractivity contribution is -0.141. The molecule has 0 saturated carbocycles. The average molecular weight is 1430 g/mol. The molecule has 548 valence electrons. The lowest BCUT2D eigenvalue weighted by Crippen LogP contribution is -2.61. The Hall–Kier alpha value is -10.6. The topological polar surface area (TPSA) is 567 Å². The summed E-state index contributed by atoms with van der Waals surface area (Å²) in [5.74, 6) is -12.4. The summed E-state index contributed by atoms with van der Waals surface area (Å²) < 4.78 is 0. The summed E-state index contributed by atoms with van der Waals surface area (Å²) in [6.45, 7) is 0.781. The first kappa shape index (κ1) is 81.1. The van der Waals surface area contributed by atoms with Gasteiger partial charge in [0.2, 0.25) is 59.1 Å². The van der Waals surface area contributed by atoms with Gasteiger partial charge in [0.05, 0.1) is 38.5 Å². The molecule has 0 fully saturated rings. The number of aliphatic hydroxyl groups is 2. The van der Waals surface area contributed by atoms with Crippen molar-refractivity contribution < 1.29 is 78.0 Å². The van der Waals surface area contributed by atoms with Crippen LogP contribution >= 0.6 is 11.6 Å². The quantitative estimate of drug-likeness (QED) is 0.0103. The molecule has 0 radical (unpaired) electrons. The number of aliphatic hydroxyl groups excluding tert-OH is 2. The van der Waals surface area contributed by atoms with Crippen LogP contribution in [0.25, 0.3) is 10.9 Å². The fourth-order valence-electron chi connectivity index (χ4n) is 10.6. The van der Waals surface area contributed by atoms with Gasteiger partial charge in [0.25, 0.3) is 0 Å². The number of carboxylic acids is 1. The molecule has 0 aliphatic heterocycles. The predicted octanol–water partition coefficient (Wildman–Crippen LogP) is -3.25. The molecule has 0 aliphatic rings. The minimum Gasteiger partial charge on any atom is -0.508 e. The first-order chi connectivity index (χ1) is 48.2. The third kappa shape index (κ3) is 27.2. The van der Waals surface area contributed by atoms with E-state index >= 15 is 0 Å². The molecule has 0 spiro atoms. The molecule has 2 aromatic heterocycles. The number of para-hydroxylation sites is 1. The van der Waals surface area contributed by atoms with Gasteiger partial charge in [-0.25, -0.2) is 4.98 Å². The zero-order valence-corrected chi connectivity index (χ0v) is 56.7. The number of unbranched alkanes of at least 4 members (excludes halogenated alkanes) is 2. The summed E-state index contributed by atoms with van der Waals surface area (Å²) in [4.78, 5) is 181. The van der Waals surface area contributed by atoms with Crippen LogP contribution in [0.5, 0.6) is 5.75 Å². The number of aromatic amines is 2. The number of aliphatic carboxylic acids is 1. The second-order valence-corrected chi connectivity index (χ2v) is 24.3. The number of rotatable bonds is 44. The molecule has 3 aromatic carbocycles. The maximum absolute atomic E-state index is 15.0. The smallest absolute Gasteiger partial charge is 0.305 e. The fraction of sp³-hybridized carbons (Fsp3) is 0.455. The van der Waals surface area contributed by atoms with Crippen LogP contribution in [-0.2, 0) is 83.2 Å². The minimum atomic E-state index is -1.99. The summed E-state index contributed by atoms with van der Waals surface area (Å²) in [5.41, 5.74) is 25.1. The van der Waals surface area contributed by atoms with E-state index in [-0.39, 0.29) is 75.3 Å². The highest BCUT2D eigenvalue weighted by Crippen LogP contribution is 2.21. The Labute approximate surface area is 586 Å². The zero-order valence-electron chi connectivity index (χ0n) is 55.9. The van der Waals surface area contributed by atoms with Crippen LogP contribution in [0.2, 0.25) is 5.02 Å². The van der Waals surface area contributed by atoms with Crippen LogP contribution < -0.4 is 76.1 Å². The highest BCUT2D eigenvalue weighted by molar-refractivity contribution is 6.30. The molecular weight excluding hydrogens is 1340 g/mol. The maximum atomic E-state index is 15.0. The van der Waals surface area contributed by atoms with E-state index in [9.17, 15) is 78.0 Å². The lowest BCUT2D eigenvalue weighted by atomic mass is 10.0. The van der Waals surface area contributed by atoms with Gasteiger partial charge in [-0.3, -0.25) is 62.5 Å². The van der Waals surface area contributed by atoms with E-state index in [4.69, 9.17) is 34.5 Å². The Morgan fingerprint density at radius 2 is 0.990 bits per heavy atom. The highest BCUT2D eigenvalue weighted by atomic mass is 35.5. The number of hydrogen-bond acceptors (Lipinski definition) is 19. The number of imidazole rings is 1. The van der Waals surface area contributed by atoms with Gasteiger partial charge in [0, 0.05) is 73.2 Å². The number of nitrogens with two attached hydrogens (primary N) is 4. The zero-order chi connectivity index (χ0) is 74.1. The number of amides is 10. The first-order valence-corrected chi connectivity index (χ1v) is 33.1. The number of hydrogen-bond donors (Lipinski definition) is 20. The van der Waals surface area contributed by atoms with Crippen molar-refractivity contribution in [1.82, 2.24) is 68.1 Å². The van der Waals surface area contributed by atoms with Crippen LogP contribution in [0.4, 0.5) is 0 Å².